The maximum absolute atomic E-state index is 12.5. The van der Waals surface area contributed by atoms with E-state index in [0.29, 0.717) is 10.7 Å². The molecule has 0 radical (unpaired) electrons. The monoisotopic (exact) mass is 331 g/mol. The molecule has 3 nitrogen and oxygen atoms in total. The minimum atomic E-state index is -3.63. The van der Waals surface area contributed by atoms with Crippen LogP contribution in [0.4, 0.5) is 5.69 Å². The summed E-state index contributed by atoms with van der Waals surface area (Å²) in [4.78, 5) is 0.237. The van der Waals surface area contributed by atoms with Gasteiger partial charge in [0.25, 0.3) is 10.0 Å². The Hall–Kier alpha value is -2.04. The van der Waals surface area contributed by atoms with E-state index in [1.807, 2.05) is 31.2 Å². The predicted molar refractivity (Wildman–Crippen MR) is 90.9 cm³/mol. The van der Waals surface area contributed by atoms with Crippen molar-refractivity contribution in [3.05, 3.63) is 71.2 Å². The lowest BCUT2D eigenvalue weighted by Gasteiger charge is -2.11. The number of fused-ring (bicyclic) bond motifs is 1. The lowest BCUT2D eigenvalue weighted by Crippen LogP contribution is -2.13. The zero-order valence-electron chi connectivity index (χ0n) is 11.9. The number of anilines is 1. The van der Waals surface area contributed by atoms with Crippen LogP contribution in [-0.2, 0) is 10.0 Å². The number of benzene rings is 3. The van der Waals surface area contributed by atoms with Crippen molar-refractivity contribution in [2.45, 2.75) is 11.8 Å². The number of rotatable bonds is 3. The molecule has 1 N–H and O–H groups in total. The van der Waals surface area contributed by atoms with E-state index in [2.05, 4.69) is 4.72 Å². The summed E-state index contributed by atoms with van der Waals surface area (Å²) in [6.45, 7) is 1.81. The summed E-state index contributed by atoms with van der Waals surface area (Å²) in [6, 6.07) is 17.8. The van der Waals surface area contributed by atoms with Gasteiger partial charge in [-0.2, -0.15) is 0 Å². The average Bonchev–Trinajstić information content (AvgIpc) is 2.49. The van der Waals surface area contributed by atoms with Crippen LogP contribution in [0.5, 0.6) is 0 Å². The highest BCUT2D eigenvalue weighted by atomic mass is 35.5. The number of hydrogen-bond acceptors (Lipinski definition) is 2. The highest BCUT2D eigenvalue weighted by Gasteiger charge is 2.15. The third-order valence-corrected chi connectivity index (χ3v) is 5.06. The van der Waals surface area contributed by atoms with Gasteiger partial charge in [0.2, 0.25) is 0 Å². The normalized spacial score (nSPS) is 11.5. The van der Waals surface area contributed by atoms with Gasteiger partial charge >= 0.3 is 0 Å². The van der Waals surface area contributed by atoms with E-state index in [9.17, 15) is 8.42 Å². The van der Waals surface area contributed by atoms with Crippen LogP contribution in [0.2, 0.25) is 5.02 Å². The lowest BCUT2D eigenvalue weighted by atomic mass is 10.1. The van der Waals surface area contributed by atoms with E-state index in [-0.39, 0.29) is 4.90 Å². The van der Waals surface area contributed by atoms with Crippen LogP contribution >= 0.6 is 11.6 Å². The first kappa shape index (κ1) is 14.9. The van der Waals surface area contributed by atoms with Crippen LogP contribution in [0.25, 0.3) is 10.8 Å². The molecule has 3 aromatic carbocycles. The highest BCUT2D eigenvalue weighted by molar-refractivity contribution is 7.92. The second-order valence-electron chi connectivity index (χ2n) is 5.07. The first-order valence-electron chi connectivity index (χ1n) is 6.73. The van der Waals surface area contributed by atoms with Crippen LogP contribution in [0.1, 0.15) is 5.56 Å². The number of sulfonamides is 1. The van der Waals surface area contributed by atoms with Crippen molar-refractivity contribution in [3.63, 3.8) is 0 Å². The molecule has 0 amide bonds. The molecule has 0 bridgehead atoms. The zero-order valence-corrected chi connectivity index (χ0v) is 13.4. The van der Waals surface area contributed by atoms with Gasteiger partial charge in [0.1, 0.15) is 0 Å². The molecule has 0 aromatic heterocycles. The summed E-state index contributed by atoms with van der Waals surface area (Å²) in [5.74, 6) is 0. The first-order chi connectivity index (χ1) is 10.5. The molecule has 0 fully saturated rings. The Morgan fingerprint density at radius 1 is 0.909 bits per heavy atom. The van der Waals surface area contributed by atoms with E-state index in [0.717, 1.165) is 16.3 Å². The summed E-state index contributed by atoms with van der Waals surface area (Å²) in [6.07, 6.45) is 0. The minimum Gasteiger partial charge on any atom is -0.279 e. The van der Waals surface area contributed by atoms with Crippen molar-refractivity contribution < 1.29 is 8.42 Å². The van der Waals surface area contributed by atoms with Crippen molar-refractivity contribution in [3.8, 4) is 0 Å². The van der Waals surface area contributed by atoms with Crippen molar-refractivity contribution in [2.75, 3.05) is 4.72 Å². The third-order valence-electron chi connectivity index (χ3n) is 3.46. The van der Waals surface area contributed by atoms with Gasteiger partial charge < -0.3 is 0 Å². The molecule has 0 spiro atoms. The van der Waals surface area contributed by atoms with Crippen LogP contribution in [-0.4, -0.2) is 8.42 Å². The van der Waals surface area contributed by atoms with Crippen molar-refractivity contribution in [1.29, 1.82) is 0 Å². The van der Waals surface area contributed by atoms with Gasteiger partial charge in [-0.05, 0) is 53.6 Å². The van der Waals surface area contributed by atoms with E-state index in [4.69, 9.17) is 11.6 Å². The number of nitrogens with one attached hydrogen (secondary N) is 1. The molecule has 0 aliphatic heterocycles. The largest absolute Gasteiger partial charge is 0.279 e. The smallest absolute Gasteiger partial charge is 0.261 e. The first-order valence-corrected chi connectivity index (χ1v) is 8.60. The molecule has 0 saturated carbocycles. The second-order valence-corrected chi connectivity index (χ2v) is 7.19. The maximum atomic E-state index is 12.5. The molecular formula is C17H14ClNO2S. The van der Waals surface area contributed by atoms with Crippen molar-refractivity contribution in [1.82, 2.24) is 0 Å². The van der Waals surface area contributed by atoms with E-state index in [1.54, 1.807) is 36.4 Å². The average molecular weight is 332 g/mol. The van der Waals surface area contributed by atoms with Gasteiger partial charge in [0.15, 0.2) is 0 Å². The molecule has 3 aromatic rings. The molecule has 0 atom stereocenters. The Kier molecular flexibility index (Phi) is 3.81. The summed E-state index contributed by atoms with van der Waals surface area (Å²) >= 11 is 5.89. The Labute approximate surface area is 134 Å². The fourth-order valence-electron chi connectivity index (χ4n) is 2.28. The van der Waals surface area contributed by atoms with Gasteiger partial charge in [-0.1, -0.05) is 41.9 Å². The van der Waals surface area contributed by atoms with E-state index in [1.165, 1.54) is 0 Å². The Morgan fingerprint density at radius 3 is 2.36 bits per heavy atom. The number of halogens is 1. The van der Waals surface area contributed by atoms with Crippen LogP contribution in [0.15, 0.2) is 65.6 Å². The molecule has 22 heavy (non-hydrogen) atoms. The van der Waals surface area contributed by atoms with Crippen LogP contribution in [0.3, 0.4) is 0 Å². The fourth-order valence-corrected chi connectivity index (χ4v) is 3.67. The van der Waals surface area contributed by atoms with Crippen LogP contribution < -0.4 is 4.72 Å². The highest BCUT2D eigenvalue weighted by Crippen LogP contribution is 2.24. The van der Waals surface area contributed by atoms with E-state index < -0.39 is 10.0 Å². The Bertz CT molecular complexity index is 952. The molecule has 5 heteroatoms. The quantitative estimate of drug-likeness (QED) is 0.762. The standard InChI is InChI=1S/C17H14ClNO2S/c1-12-10-15(18)7-9-17(12)19-22(20,21)16-8-6-13-4-2-3-5-14(13)11-16/h2-11,19H,1H3. The molecule has 112 valence electrons. The third kappa shape index (κ3) is 2.93. The second kappa shape index (κ2) is 5.63. The number of hydrogen-bond donors (Lipinski definition) is 1. The summed E-state index contributed by atoms with van der Waals surface area (Å²) in [5.41, 5.74) is 1.30. The minimum absolute atomic E-state index is 0.237. The summed E-state index contributed by atoms with van der Waals surface area (Å²) < 4.78 is 27.7. The Balaban J connectivity index is 2.00. The molecule has 0 aliphatic carbocycles. The Morgan fingerprint density at radius 2 is 1.64 bits per heavy atom. The predicted octanol–water partition coefficient (Wildman–Crippen LogP) is 4.60. The lowest BCUT2D eigenvalue weighted by molar-refractivity contribution is 0.601. The van der Waals surface area contributed by atoms with Gasteiger partial charge in [-0.3, -0.25) is 4.72 Å². The zero-order chi connectivity index (χ0) is 15.7. The molecule has 3 rings (SSSR count). The van der Waals surface area contributed by atoms with Crippen LogP contribution in [0, 0.1) is 6.92 Å². The molecule has 0 unspecified atom stereocenters. The fraction of sp³-hybridized carbons (Fsp3) is 0.0588. The summed E-state index contributed by atoms with van der Waals surface area (Å²) in [5, 5.41) is 2.47. The van der Waals surface area contributed by atoms with Crippen molar-refractivity contribution in [2.24, 2.45) is 0 Å². The van der Waals surface area contributed by atoms with Gasteiger partial charge in [-0.25, -0.2) is 8.42 Å². The molecule has 0 aliphatic rings. The van der Waals surface area contributed by atoms with Gasteiger partial charge in [0, 0.05) is 5.02 Å². The number of aryl methyl sites for hydroxylation is 1. The summed E-state index contributed by atoms with van der Waals surface area (Å²) in [7, 11) is -3.63. The molecule has 0 heterocycles. The SMILES string of the molecule is Cc1cc(Cl)ccc1NS(=O)(=O)c1ccc2ccccc2c1. The molecular weight excluding hydrogens is 318 g/mol. The van der Waals surface area contributed by atoms with Gasteiger partial charge in [0.05, 0.1) is 10.6 Å². The maximum Gasteiger partial charge on any atom is 0.261 e. The topological polar surface area (TPSA) is 46.2 Å². The van der Waals surface area contributed by atoms with Gasteiger partial charge in [-0.15, -0.1) is 0 Å². The molecule has 0 saturated heterocycles. The van der Waals surface area contributed by atoms with E-state index >= 15 is 0 Å². The van der Waals surface area contributed by atoms with Crippen molar-refractivity contribution >= 4 is 38.1 Å².